The summed E-state index contributed by atoms with van der Waals surface area (Å²) < 4.78 is 33.4. The SMILES string of the molecule is Cc1cc(C)c(-c2cccc[n+]2C)c(C)c1.Cc1cc(C)c(-c2cccc[n+]2C)cc1C.Cc1ccc(C)c(-c2cccc[n+]2C)c1C.Cc1ccc(C)c(-c2cccc[n+]2C)c1C.[2H]C([2H])([2H])c1cc(C)c(-c2cccc[n+]2C)cc1C. The average molecular weight is 1060 g/mol. The van der Waals surface area contributed by atoms with Crippen molar-refractivity contribution in [1.82, 2.24) is 0 Å². The van der Waals surface area contributed by atoms with Gasteiger partial charge < -0.3 is 0 Å². The number of nitrogens with zero attached hydrogens (tertiary/aromatic N) is 5. The summed E-state index contributed by atoms with van der Waals surface area (Å²) in [5.41, 5.74) is 31.1. The fourth-order valence-electron chi connectivity index (χ4n) is 10.6. The summed E-state index contributed by atoms with van der Waals surface area (Å²) in [6.45, 7) is 27.9. The summed E-state index contributed by atoms with van der Waals surface area (Å²) in [6, 6.07) is 52.8. The highest BCUT2D eigenvalue weighted by Gasteiger charge is 2.18. The number of pyridine rings is 5. The Kier molecular flexibility index (Phi) is 19.5. The molecule has 0 radical (unpaired) electrons. The Bertz CT molecular complexity index is 3780. The summed E-state index contributed by atoms with van der Waals surface area (Å²) in [5, 5.41) is 0. The molecule has 0 fully saturated rings. The Morgan fingerprint density at radius 2 is 0.537 bits per heavy atom. The lowest BCUT2D eigenvalue weighted by atomic mass is 9.95. The molecule has 10 rings (SSSR count). The molecular weight excluding hydrogens is 971 g/mol. The smallest absolute Gasteiger partial charge is 0.201 e. The third-order valence-corrected chi connectivity index (χ3v) is 15.6. The number of aryl methyl sites for hydroxylation is 18. The molecule has 0 aliphatic heterocycles. The first-order valence-electron chi connectivity index (χ1n) is 29.4. The molecule has 0 N–H and O–H groups in total. The average Bonchev–Trinajstić information content (AvgIpc) is 3.53. The van der Waals surface area contributed by atoms with Crippen LogP contribution in [-0.2, 0) is 35.2 Å². The van der Waals surface area contributed by atoms with Gasteiger partial charge in [-0.25, -0.2) is 22.8 Å². The molecule has 80 heavy (non-hydrogen) atoms. The number of benzene rings is 5. The highest BCUT2D eigenvalue weighted by atomic mass is 14.9. The molecule has 0 spiro atoms. The lowest BCUT2D eigenvalue weighted by Crippen LogP contribution is -2.30. The molecule has 5 aromatic heterocycles. The van der Waals surface area contributed by atoms with E-state index in [1.807, 2.05) is 55.9 Å². The van der Waals surface area contributed by atoms with Crippen molar-refractivity contribution in [2.75, 3.05) is 0 Å². The van der Waals surface area contributed by atoms with E-state index in [0.29, 0.717) is 5.56 Å². The van der Waals surface area contributed by atoms with Crippen LogP contribution in [0.25, 0.3) is 56.3 Å². The van der Waals surface area contributed by atoms with Crippen LogP contribution in [0.15, 0.2) is 183 Å². The molecule has 10 aromatic rings. The highest BCUT2D eigenvalue weighted by Crippen LogP contribution is 2.30. The van der Waals surface area contributed by atoms with Gasteiger partial charge in [-0.15, -0.1) is 0 Å². The molecule has 0 amide bonds. The van der Waals surface area contributed by atoms with Crippen molar-refractivity contribution in [3.8, 4) is 56.3 Å². The second-order valence-electron chi connectivity index (χ2n) is 21.9. The van der Waals surface area contributed by atoms with Crippen LogP contribution in [0.3, 0.4) is 0 Å². The standard InChI is InChI=1S/5C15H18N/c2*1-11-8-9-12(2)15(13(11)3)14-7-5-6-10-16(14)4;2*1-11-9-13(3)14(10-12(11)2)15-7-5-6-8-16(15)4;1-11-9-12(2)15(13(3)10-11)14-7-5-6-8-16(14)4/h5*5-10H,1-4H3/q5*+1/i;;1D3;;. The predicted molar refractivity (Wildman–Crippen MR) is 336 cm³/mol. The normalized spacial score (nSPS) is 11.2. The van der Waals surface area contributed by atoms with Gasteiger partial charge in [-0.1, -0.05) is 54.1 Å². The highest BCUT2D eigenvalue weighted by molar-refractivity contribution is 5.69. The Hall–Kier alpha value is -8.15. The van der Waals surface area contributed by atoms with Crippen LogP contribution in [0.5, 0.6) is 0 Å². The van der Waals surface area contributed by atoms with Gasteiger partial charge in [0.25, 0.3) is 0 Å². The van der Waals surface area contributed by atoms with Crippen molar-refractivity contribution < 1.29 is 26.9 Å². The maximum atomic E-state index is 7.56. The minimum Gasteiger partial charge on any atom is -0.201 e. The van der Waals surface area contributed by atoms with Gasteiger partial charge in [0, 0.05) is 75.9 Å². The molecule has 5 heterocycles. The molecule has 0 saturated heterocycles. The van der Waals surface area contributed by atoms with E-state index in [2.05, 4.69) is 276 Å². The fraction of sp³-hybridized carbons (Fsp3) is 0.267. The Morgan fingerprint density at radius 3 is 0.875 bits per heavy atom. The first-order valence-corrected chi connectivity index (χ1v) is 27.9. The van der Waals surface area contributed by atoms with Gasteiger partial charge in [0.05, 0.1) is 16.7 Å². The molecule has 5 heteroatoms. The molecule has 0 aliphatic carbocycles. The molecule has 0 atom stereocenters. The van der Waals surface area contributed by atoms with Crippen LogP contribution >= 0.6 is 0 Å². The first-order chi connectivity index (χ1) is 39.2. The summed E-state index contributed by atoms with van der Waals surface area (Å²) in [6.07, 6.45) is 10.4. The van der Waals surface area contributed by atoms with Gasteiger partial charge in [-0.2, -0.15) is 0 Å². The van der Waals surface area contributed by atoms with E-state index >= 15 is 0 Å². The number of hydrogen-bond donors (Lipinski definition) is 0. The van der Waals surface area contributed by atoms with Gasteiger partial charge in [0.15, 0.2) is 31.0 Å². The van der Waals surface area contributed by atoms with Gasteiger partial charge in [0.1, 0.15) is 35.2 Å². The molecular formula is C75H90N5+5. The predicted octanol–water partition coefficient (Wildman–Crippen LogP) is 15.5. The van der Waals surface area contributed by atoms with E-state index in [1.54, 1.807) is 6.07 Å². The van der Waals surface area contributed by atoms with Crippen molar-refractivity contribution >= 4 is 0 Å². The Labute approximate surface area is 486 Å². The minimum atomic E-state index is -2.05. The maximum absolute atomic E-state index is 7.56. The Morgan fingerprint density at radius 1 is 0.250 bits per heavy atom. The van der Waals surface area contributed by atoms with Crippen molar-refractivity contribution in [3.63, 3.8) is 0 Å². The molecule has 0 saturated carbocycles. The summed E-state index contributed by atoms with van der Waals surface area (Å²) in [7, 11) is 10.4. The first kappa shape index (κ1) is 56.6. The van der Waals surface area contributed by atoms with E-state index in [4.69, 9.17) is 4.11 Å². The summed E-state index contributed by atoms with van der Waals surface area (Å²) >= 11 is 0. The van der Waals surface area contributed by atoms with Gasteiger partial charge in [0.2, 0.25) is 28.5 Å². The fourth-order valence-corrected chi connectivity index (χ4v) is 10.6. The molecule has 5 nitrogen and oxygen atoms in total. The lowest BCUT2D eigenvalue weighted by molar-refractivity contribution is -0.660. The van der Waals surface area contributed by atoms with Crippen LogP contribution in [0.4, 0.5) is 0 Å². The number of aromatic nitrogens is 5. The molecule has 0 unspecified atom stereocenters. The molecule has 5 aromatic carbocycles. The van der Waals surface area contributed by atoms with Gasteiger partial charge in [-0.05, 0) is 224 Å². The van der Waals surface area contributed by atoms with Crippen LogP contribution in [-0.4, -0.2) is 0 Å². The van der Waals surface area contributed by atoms with E-state index in [0.717, 1.165) is 22.4 Å². The van der Waals surface area contributed by atoms with Crippen LogP contribution in [0, 0.1) is 104 Å². The number of hydrogen-bond acceptors (Lipinski definition) is 0. The monoisotopic (exact) mass is 1060 g/mol. The van der Waals surface area contributed by atoms with E-state index in [-0.39, 0.29) is 0 Å². The Balaban J connectivity index is 0.000000167. The minimum absolute atomic E-state index is 0.437. The topological polar surface area (TPSA) is 19.4 Å². The molecule has 0 aliphatic rings. The van der Waals surface area contributed by atoms with Gasteiger partial charge in [-0.3, -0.25) is 0 Å². The quantitative estimate of drug-likeness (QED) is 0.153. The van der Waals surface area contributed by atoms with Crippen LogP contribution in [0.2, 0.25) is 0 Å². The largest absolute Gasteiger partial charge is 0.212 e. The van der Waals surface area contributed by atoms with Crippen molar-refractivity contribution in [2.24, 2.45) is 35.2 Å². The summed E-state index contributed by atoms with van der Waals surface area (Å²) in [4.78, 5) is 0. The van der Waals surface area contributed by atoms with Crippen LogP contribution in [0.1, 0.15) is 87.6 Å². The van der Waals surface area contributed by atoms with E-state index < -0.39 is 6.85 Å². The molecule has 0 bridgehead atoms. The summed E-state index contributed by atoms with van der Waals surface area (Å²) in [5.74, 6) is 0. The zero-order valence-electron chi connectivity index (χ0n) is 54.6. The number of rotatable bonds is 5. The van der Waals surface area contributed by atoms with Crippen LogP contribution < -0.4 is 22.8 Å². The third kappa shape index (κ3) is 14.9. The molecule has 410 valence electrons. The van der Waals surface area contributed by atoms with E-state index in [9.17, 15) is 0 Å². The lowest BCUT2D eigenvalue weighted by Gasteiger charge is -2.10. The second kappa shape index (κ2) is 27.6. The zero-order valence-corrected chi connectivity index (χ0v) is 51.6. The van der Waals surface area contributed by atoms with Gasteiger partial charge >= 0.3 is 0 Å². The zero-order chi connectivity index (χ0) is 61.0. The van der Waals surface area contributed by atoms with Crippen molar-refractivity contribution in [3.05, 3.63) is 266 Å². The third-order valence-electron chi connectivity index (χ3n) is 15.6. The van der Waals surface area contributed by atoms with Crippen molar-refractivity contribution in [1.29, 1.82) is 0 Å². The van der Waals surface area contributed by atoms with Crippen molar-refractivity contribution in [2.45, 2.75) is 104 Å². The van der Waals surface area contributed by atoms with E-state index in [1.165, 1.54) is 112 Å². The second-order valence-corrected chi connectivity index (χ2v) is 21.9. The maximum Gasteiger partial charge on any atom is 0.212 e.